The maximum atomic E-state index is 2.86. The Kier molecular flexibility index (Phi) is 27.9. The van der Waals surface area contributed by atoms with Crippen LogP contribution in [0.3, 0.4) is 0 Å². The summed E-state index contributed by atoms with van der Waals surface area (Å²) in [4.78, 5) is 0. The molecule has 0 aliphatic heterocycles. The fraction of sp³-hybridized carbons (Fsp3) is 0.545. The first kappa shape index (κ1) is 27.5. The fourth-order valence-electron chi connectivity index (χ4n) is 2.25. The molecule has 0 aromatic carbocycles. The van der Waals surface area contributed by atoms with Crippen molar-refractivity contribution < 1.29 is 17.1 Å². The maximum absolute atomic E-state index is 2.86. The van der Waals surface area contributed by atoms with E-state index >= 15 is 0 Å². The second-order valence-corrected chi connectivity index (χ2v) is 14.5. The van der Waals surface area contributed by atoms with Crippen LogP contribution in [0.5, 0.6) is 0 Å². The van der Waals surface area contributed by atoms with Crippen LogP contribution in [0.25, 0.3) is 0 Å². The van der Waals surface area contributed by atoms with Crippen LogP contribution >= 0.6 is 0 Å². The molecule has 0 N–H and O–H groups in total. The van der Waals surface area contributed by atoms with Crippen molar-refractivity contribution in [3.8, 4) is 0 Å². The van der Waals surface area contributed by atoms with Crippen LogP contribution in [0.1, 0.15) is 59.3 Å². The molecule has 2 saturated carbocycles. The van der Waals surface area contributed by atoms with Gasteiger partial charge in [-0.15, -0.1) is 0 Å². The van der Waals surface area contributed by atoms with Crippen molar-refractivity contribution in [2.75, 3.05) is 0 Å². The molecule has 134 valence electrons. The topological polar surface area (TPSA) is 0 Å². The molecule has 0 heterocycles. The van der Waals surface area contributed by atoms with E-state index in [-0.39, 0.29) is 17.1 Å². The summed E-state index contributed by atoms with van der Waals surface area (Å²) in [7, 11) is 0. The SMILES string of the molecule is CCC[CH2][Sn+]([CH2]CCC)[CH2]CCC.[C-]1[CH][CH][CH][CH]1.[CH]1[CH][CH][CH][CH]1.[Fe+2]. The number of rotatable bonds is 9. The van der Waals surface area contributed by atoms with Crippen molar-refractivity contribution in [1.82, 2.24) is 0 Å². The van der Waals surface area contributed by atoms with Gasteiger partial charge in [-0.05, 0) is 32.1 Å². The number of hydrogen-bond donors (Lipinski definition) is 0. The molecule has 10 radical (unpaired) electrons. The molecule has 2 aliphatic rings. The molecule has 2 heteroatoms. The molecule has 0 nitrogen and oxygen atoms in total. The molecule has 0 aromatic rings. The van der Waals surface area contributed by atoms with Crippen LogP contribution in [-0.2, 0) is 17.1 Å². The average molecular weight is 475 g/mol. The first-order valence-corrected chi connectivity index (χ1v) is 15.5. The molecule has 0 saturated heterocycles. The summed E-state index contributed by atoms with van der Waals surface area (Å²) in [5, 5.41) is 0. The van der Waals surface area contributed by atoms with E-state index in [0.717, 1.165) is 0 Å². The molecule has 0 unspecified atom stereocenters. The van der Waals surface area contributed by atoms with E-state index in [1.165, 1.54) is 38.5 Å². The Morgan fingerprint density at radius 1 is 0.583 bits per heavy atom. The van der Waals surface area contributed by atoms with E-state index in [9.17, 15) is 0 Å². The van der Waals surface area contributed by atoms with Crippen LogP contribution in [0.15, 0.2) is 0 Å². The average Bonchev–Trinajstić information content (AvgIpc) is 3.31. The smallest absolute Gasteiger partial charge is 0.474 e. The predicted octanol–water partition coefficient (Wildman–Crippen LogP) is 6.80. The van der Waals surface area contributed by atoms with Crippen molar-refractivity contribution in [2.45, 2.75) is 72.6 Å². The third-order valence-corrected chi connectivity index (χ3v) is 12.8. The van der Waals surface area contributed by atoms with E-state index < -0.39 is 19.8 Å². The van der Waals surface area contributed by atoms with Gasteiger partial charge in [-0.25, -0.2) is 12.8 Å². The van der Waals surface area contributed by atoms with Gasteiger partial charge < -0.3 is 6.42 Å². The van der Waals surface area contributed by atoms with E-state index in [1.54, 1.807) is 13.3 Å². The molecular formula is C22H36FeSn+2. The Hall–Kier alpha value is 1.32. The first-order chi connectivity index (χ1) is 11.3. The van der Waals surface area contributed by atoms with Gasteiger partial charge >= 0.3 is 109 Å². The number of unbranched alkanes of at least 4 members (excludes halogenated alkanes) is 3. The van der Waals surface area contributed by atoms with Gasteiger partial charge in [0.1, 0.15) is 0 Å². The molecular weight excluding hydrogens is 439 g/mol. The Labute approximate surface area is 172 Å². The normalized spacial score (nSPS) is 15.6. The minimum atomic E-state index is -0.839. The summed E-state index contributed by atoms with van der Waals surface area (Å²) in [5.41, 5.74) is 0. The third kappa shape index (κ3) is 21.4. The second kappa shape index (κ2) is 24.3. The zero-order valence-electron chi connectivity index (χ0n) is 15.9. The monoisotopic (exact) mass is 476 g/mol. The third-order valence-electron chi connectivity index (χ3n) is 3.70. The van der Waals surface area contributed by atoms with Gasteiger partial charge in [0, 0.05) is 0 Å². The fourth-order valence-corrected chi connectivity index (χ4v) is 11.7. The van der Waals surface area contributed by atoms with Crippen molar-refractivity contribution in [3.05, 3.63) is 64.2 Å². The minimum Gasteiger partial charge on any atom is -0.474 e. The van der Waals surface area contributed by atoms with Crippen LogP contribution < -0.4 is 0 Å². The summed E-state index contributed by atoms with van der Waals surface area (Å²) in [6.07, 6.45) is 29.3. The van der Waals surface area contributed by atoms with Gasteiger partial charge in [0.25, 0.3) is 0 Å². The quantitative estimate of drug-likeness (QED) is 0.254. The number of hydrogen-bond acceptors (Lipinski definition) is 0. The van der Waals surface area contributed by atoms with Crippen LogP contribution in [0.4, 0.5) is 0 Å². The van der Waals surface area contributed by atoms with Crippen LogP contribution in [-0.4, -0.2) is 19.8 Å². The molecule has 0 amide bonds. The van der Waals surface area contributed by atoms with Crippen LogP contribution in [0.2, 0.25) is 13.3 Å². The molecule has 2 aliphatic carbocycles. The molecule has 0 atom stereocenters. The van der Waals surface area contributed by atoms with Crippen molar-refractivity contribution in [2.24, 2.45) is 0 Å². The predicted molar refractivity (Wildman–Crippen MR) is 107 cm³/mol. The minimum absolute atomic E-state index is 0. The second-order valence-electron chi connectivity index (χ2n) is 5.91. The summed E-state index contributed by atoms with van der Waals surface area (Å²) in [5.74, 6) is 0. The Balaban J connectivity index is 0. The molecule has 0 aromatic heterocycles. The van der Waals surface area contributed by atoms with Crippen LogP contribution in [0, 0.1) is 64.2 Å². The standard InChI is InChI=1S/C5H5.C5H4.3C4H9.Fe.Sn/c2*1-2-4-5-3-1;3*1-3-4-2;;/h1-5H;1-4H;3*1,3-4H2,2H3;;/q;-1;;;;+2;+1. The van der Waals surface area contributed by atoms with Crippen molar-refractivity contribution >= 4 is 19.8 Å². The largest absolute Gasteiger partial charge is 2.00 e. The Morgan fingerprint density at radius 2 is 0.917 bits per heavy atom. The first-order valence-electron chi connectivity index (χ1n) is 9.43. The molecule has 24 heavy (non-hydrogen) atoms. The Morgan fingerprint density at radius 3 is 1.12 bits per heavy atom. The van der Waals surface area contributed by atoms with E-state index in [2.05, 4.69) is 27.2 Å². The summed E-state index contributed by atoms with van der Waals surface area (Å²) in [6.45, 7) is 7.00. The molecule has 0 spiro atoms. The summed E-state index contributed by atoms with van der Waals surface area (Å²) >= 11 is -0.839. The Bertz CT molecular complexity index is 156. The van der Waals surface area contributed by atoms with E-state index in [1.807, 2.05) is 57.8 Å². The molecule has 2 fully saturated rings. The molecule has 0 bridgehead atoms. The zero-order valence-corrected chi connectivity index (χ0v) is 19.9. The van der Waals surface area contributed by atoms with E-state index in [0.29, 0.717) is 0 Å². The maximum Gasteiger partial charge on any atom is 2.00 e. The molecule has 2 rings (SSSR count). The van der Waals surface area contributed by atoms with Gasteiger partial charge in [-0.3, -0.25) is 0 Å². The van der Waals surface area contributed by atoms with Crippen molar-refractivity contribution in [3.63, 3.8) is 0 Å². The van der Waals surface area contributed by atoms with Gasteiger partial charge in [0.2, 0.25) is 0 Å². The van der Waals surface area contributed by atoms with Gasteiger partial charge in [-0.2, -0.15) is 0 Å². The van der Waals surface area contributed by atoms with Crippen molar-refractivity contribution in [1.29, 1.82) is 0 Å². The van der Waals surface area contributed by atoms with Gasteiger partial charge in [-0.1, -0.05) is 12.8 Å². The zero-order chi connectivity index (χ0) is 17.0. The summed E-state index contributed by atoms with van der Waals surface area (Å²) in [6, 6.07) is 0. The van der Waals surface area contributed by atoms with Gasteiger partial charge in [0.15, 0.2) is 0 Å². The van der Waals surface area contributed by atoms with Gasteiger partial charge in [0.05, 0.1) is 0 Å². The summed E-state index contributed by atoms with van der Waals surface area (Å²) < 4.78 is 5.04. The van der Waals surface area contributed by atoms with E-state index in [4.69, 9.17) is 0 Å².